The molecule has 0 saturated heterocycles. The van der Waals surface area contributed by atoms with E-state index < -0.39 is 5.97 Å². The Morgan fingerprint density at radius 3 is 2.70 bits per heavy atom. The fourth-order valence-corrected chi connectivity index (χ4v) is 2.74. The van der Waals surface area contributed by atoms with Crippen LogP contribution < -0.4 is 9.47 Å². The Morgan fingerprint density at radius 2 is 2.05 bits per heavy atom. The molecule has 3 rings (SSSR count). The normalized spacial score (nSPS) is 13.3. The standard InChI is InChI=1S/C13H11BrN2O4/c1-16-10(13(17)18)11(14)15-12(16)7-2-3-8-9(6-7)20-5-4-19-8/h2-3,6H,4-5H2,1H3,(H,17,18). The zero-order chi connectivity index (χ0) is 14.3. The Bertz CT molecular complexity index is 696. The predicted octanol–water partition coefficient (Wildman–Crippen LogP) is 2.32. The molecule has 0 bridgehead atoms. The summed E-state index contributed by atoms with van der Waals surface area (Å²) in [5.41, 5.74) is 0.875. The summed E-state index contributed by atoms with van der Waals surface area (Å²) >= 11 is 3.17. The molecular formula is C13H11BrN2O4. The Kier molecular flexibility index (Phi) is 3.13. The number of imidazole rings is 1. The average Bonchev–Trinajstić information content (AvgIpc) is 2.73. The van der Waals surface area contributed by atoms with E-state index >= 15 is 0 Å². The lowest BCUT2D eigenvalue weighted by molar-refractivity contribution is 0.0685. The van der Waals surface area contributed by atoms with Crippen LogP contribution in [0, 0.1) is 0 Å². The summed E-state index contributed by atoms with van der Waals surface area (Å²) in [7, 11) is 1.66. The van der Waals surface area contributed by atoms with Crippen molar-refractivity contribution >= 4 is 21.9 Å². The number of rotatable bonds is 2. The van der Waals surface area contributed by atoms with Gasteiger partial charge in [0.15, 0.2) is 17.2 Å². The van der Waals surface area contributed by atoms with E-state index in [9.17, 15) is 4.79 Å². The van der Waals surface area contributed by atoms with E-state index in [0.717, 1.165) is 5.56 Å². The number of halogens is 1. The van der Waals surface area contributed by atoms with Crippen molar-refractivity contribution in [2.24, 2.45) is 7.05 Å². The van der Waals surface area contributed by atoms with Crippen LogP contribution in [0.2, 0.25) is 0 Å². The maximum Gasteiger partial charge on any atom is 0.355 e. The molecule has 0 fully saturated rings. The van der Waals surface area contributed by atoms with Crippen molar-refractivity contribution in [3.8, 4) is 22.9 Å². The van der Waals surface area contributed by atoms with Gasteiger partial charge < -0.3 is 19.1 Å². The number of hydrogen-bond acceptors (Lipinski definition) is 4. The van der Waals surface area contributed by atoms with Crippen LogP contribution in [-0.4, -0.2) is 33.8 Å². The van der Waals surface area contributed by atoms with Crippen LogP contribution in [-0.2, 0) is 7.05 Å². The van der Waals surface area contributed by atoms with E-state index in [1.807, 2.05) is 6.07 Å². The molecule has 104 valence electrons. The fourth-order valence-electron chi connectivity index (χ4n) is 2.14. The largest absolute Gasteiger partial charge is 0.486 e. The second-order valence-electron chi connectivity index (χ2n) is 4.30. The van der Waals surface area contributed by atoms with Crippen molar-refractivity contribution in [1.82, 2.24) is 9.55 Å². The van der Waals surface area contributed by atoms with Crippen molar-refractivity contribution in [1.29, 1.82) is 0 Å². The SMILES string of the molecule is Cn1c(-c2ccc3c(c2)OCCO3)nc(Br)c1C(=O)O. The topological polar surface area (TPSA) is 73.6 Å². The Hall–Kier alpha value is -2.02. The predicted molar refractivity (Wildman–Crippen MR) is 74.3 cm³/mol. The van der Waals surface area contributed by atoms with Gasteiger partial charge in [-0.25, -0.2) is 9.78 Å². The van der Waals surface area contributed by atoms with E-state index in [1.165, 1.54) is 4.57 Å². The van der Waals surface area contributed by atoms with Crippen molar-refractivity contribution in [3.63, 3.8) is 0 Å². The summed E-state index contributed by atoms with van der Waals surface area (Å²) in [6.45, 7) is 1.03. The molecule has 0 spiro atoms. The first-order valence-corrected chi connectivity index (χ1v) is 6.72. The minimum atomic E-state index is -1.03. The van der Waals surface area contributed by atoms with Gasteiger partial charge in [-0.3, -0.25) is 0 Å². The lowest BCUT2D eigenvalue weighted by Crippen LogP contribution is -2.15. The quantitative estimate of drug-likeness (QED) is 0.909. The molecule has 0 radical (unpaired) electrons. The van der Waals surface area contributed by atoms with Crippen LogP contribution in [0.3, 0.4) is 0 Å². The number of aromatic nitrogens is 2. The molecule has 2 aromatic rings. The first kappa shape index (κ1) is 13.0. The maximum atomic E-state index is 11.2. The summed E-state index contributed by atoms with van der Waals surface area (Å²) in [4.78, 5) is 15.4. The highest BCUT2D eigenvalue weighted by molar-refractivity contribution is 9.10. The fraction of sp³-hybridized carbons (Fsp3) is 0.231. The molecule has 0 amide bonds. The second kappa shape index (κ2) is 4.82. The van der Waals surface area contributed by atoms with Gasteiger partial charge in [0.25, 0.3) is 0 Å². The molecule has 20 heavy (non-hydrogen) atoms. The van der Waals surface area contributed by atoms with E-state index in [1.54, 1.807) is 19.2 Å². The molecular weight excluding hydrogens is 328 g/mol. The zero-order valence-electron chi connectivity index (χ0n) is 10.6. The smallest absolute Gasteiger partial charge is 0.355 e. The van der Waals surface area contributed by atoms with Crippen LogP contribution in [0.15, 0.2) is 22.8 Å². The lowest BCUT2D eigenvalue weighted by atomic mass is 10.2. The molecule has 1 aromatic heterocycles. The van der Waals surface area contributed by atoms with Crippen LogP contribution >= 0.6 is 15.9 Å². The van der Waals surface area contributed by atoms with E-state index in [0.29, 0.717) is 35.1 Å². The highest BCUT2D eigenvalue weighted by Gasteiger charge is 2.21. The third-order valence-electron chi connectivity index (χ3n) is 3.06. The highest BCUT2D eigenvalue weighted by atomic mass is 79.9. The van der Waals surface area contributed by atoms with Crippen molar-refractivity contribution in [3.05, 3.63) is 28.5 Å². The Morgan fingerprint density at radius 1 is 1.35 bits per heavy atom. The second-order valence-corrected chi connectivity index (χ2v) is 5.05. The third kappa shape index (κ3) is 2.03. The molecule has 0 atom stereocenters. The molecule has 0 unspecified atom stereocenters. The molecule has 2 heterocycles. The maximum absolute atomic E-state index is 11.2. The first-order valence-electron chi connectivity index (χ1n) is 5.93. The van der Waals surface area contributed by atoms with Gasteiger partial charge in [-0.2, -0.15) is 0 Å². The van der Waals surface area contributed by atoms with Crippen LogP contribution in [0.4, 0.5) is 0 Å². The van der Waals surface area contributed by atoms with E-state index in [-0.39, 0.29) is 5.69 Å². The minimum absolute atomic E-state index is 0.106. The lowest BCUT2D eigenvalue weighted by Gasteiger charge is -2.18. The summed E-state index contributed by atoms with van der Waals surface area (Å²) < 4.78 is 12.8. The molecule has 6 nitrogen and oxygen atoms in total. The third-order valence-corrected chi connectivity index (χ3v) is 3.61. The minimum Gasteiger partial charge on any atom is -0.486 e. The summed E-state index contributed by atoms with van der Waals surface area (Å²) in [6, 6.07) is 5.43. The number of carbonyl (C=O) groups is 1. The zero-order valence-corrected chi connectivity index (χ0v) is 12.2. The number of benzene rings is 1. The number of hydrogen-bond donors (Lipinski definition) is 1. The molecule has 0 saturated carbocycles. The Balaban J connectivity index is 2.10. The van der Waals surface area contributed by atoms with Crippen LogP contribution in [0.5, 0.6) is 11.5 Å². The summed E-state index contributed by atoms with van der Waals surface area (Å²) in [5.74, 6) is 0.846. The number of ether oxygens (including phenoxy) is 2. The molecule has 0 aliphatic carbocycles. The monoisotopic (exact) mass is 338 g/mol. The molecule has 1 aromatic carbocycles. The van der Waals surface area contributed by atoms with Gasteiger partial charge in [0.2, 0.25) is 0 Å². The molecule has 1 aliphatic heterocycles. The van der Waals surface area contributed by atoms with Gasteiger partial charge >= 0.3 is 5.97 Å². The van der Waals surface area contributed by atoms with Gasteiger partial charge in [-0.1, -0.05) is 0 Å². The molecule has 1 N–H and O–H groups in total. The van der Waals surface area contributed by atoms with E-state index in [4.69, 9.17) is 14.6 Å². The number of nitrogens with zero attached hydrogens (tertiary/aromatic N) is 2. The van der Waals surface area contributed by atoms with Gasteiger partial charge in [0, 0.05) is 12.6 Å². The Labute approximate surface area is 123 Å². The van der Waals surface area contributed by atoms with E-state index in [2.05, 4.69) is 20.9 Å². The van der Waals surface area contributed by atoms with Gasteiger partial charge in [-0.15, -0.1) is 0 Å². The van der Waals surface area contributed by atoms with Crippen LogP contribution in [0.25, 0.3) is 11.4 Å². The number of carboxylic acid groups (broad SMARTS) is 1. The van der Waals surface area contributed by atoms with Gasteiger partial charge in [0.05, 0.1) is 0 Å². The molecule has 7 heteroatoms. The number of fused-ring (bicyclic) bond motifs is 1. The number of carboxylic acids is 1. The van der Waals surface area contributed by atoms with Gasteiger partial charge in [0.1, 0.15) is 23.6 Å². The van der Waals surface area contributed by atoms with Crippen molar-refractivity contribution in [2.45, 2.75) is 0 Å². The summed E-state index contributed by atoms with van der Waals surface area (Å²) in [5, 5.41) is 9.16. The van der Waals surface area contributed by atoms with Crippen molar-refractivity contribution in [2.75, 3.05) is 13.2 Å². The summed E-state index contributed by atoms with van der Waals surface area (Å²) in [6.07, 6.45) is 0. The number of aromatic carboxylic acids is 1. The van der Waals surface area contributed by atoms with Crippen LogP contribution in [0.1, 0.15) is 10.5 Å². The first-order chi connectivity index (χ1) is 9.58. The average molecular weight is 339 g/mol. The highest BCUT2D eigenvalue weighted by Crippen LogP contribution is 2.35. The van der Waals surface area contributed by atoms with Gasteiger partial charge in [-0.05, 0) is 34.1 Å². The molecule has 1 aliphatic rings. The van der Waals surface area contributed by atoms with Crippen molar-refractivity contribution < 1.29 is 19.4 Å².